The molecule has 0 atom stereocenters. The van der Waals surface area contributed by atoms with Crippen molar-refractivity contribution in [3.63, 3.8) is 0 Å². The Hall–Kier alpha value is -2.22. The average Bonchev–Trinajstić information content (AvgIpc) is 2.39. The summed E-state index contributed by atoms with van der Waals surface area (Å²) >= 11 is 0. The van der Waals surface area contributed by atoms with Crippen LogP contribution >= 0.6 is 0 Å². The van der Waals surface area contributed by atoms with E-state index in [1.807, 2.05) is 36.4 Å². The molecule has 0 saturated carbocycles. The largest absolute Gasteiger partial charge is 0.261 e. The molecule has 86 valence electrons. The van der Waals surface area contributed by atoms with Crippen LogP contribution in [-0.4, -0.2) is 12.6 Å². The van der Waals surface area contributed by atoms with Gasteiger partial charge in [0, 0.05) is 5.57 Å². The van der Waals surface area contributed by atoms with E-state index in [1.165, 1.54) is 0 Å². The van der Waals surface area contributed by atoms with Crippen LogP contribution in [0.25, 0.3) is 0 Å². The maximum atomic E-state index is 4.40. The lowest BCUT2D eigenvalue weighted by Gasteiger charge is -2.01. The zero-order valence-electron chi connectivity index (χ0n) is 9.84. The van der Waals surface area contributed by atoms with E-state index in [2.05, 4.69) is 29.9 Å². The molecule has 17 heavy (non-hydrogen) atoms. The van der Waals surface area contributed by atoms with E-state index in [9.17, 15) is 0 Å². The van der Waals surface area contributed by atoms with Crippen molar-refractivity contribution in [3.8, 4) is 0 Å². The number of hydrogen-bond acceptors (Lipinski definition) is 1. The zero-order valence-corrected chi connectivity index (χ0v) is 9.84. The minimum atomic E-state index is 0.581. The monoisotopic (exact) mass is 224 g/mol. The Morgan fingerprint density at radius 2 is 1.88 bits per heavy atom. The summed E-state index contributed by atoms with van der Waals surface area (Å²) in [6, 6.07) is 10.00. The number of nitrogens with zero attached hydrogens (tertiary/aromatic N) is 2. The van der Waals surface area contributed by atoms with Crippen molar-refractivity contribution in [1.29, 1.82) is 0 Å². The molecule has 0 heterocycles. The second-order valence-corrected chi connectivity index (χ2v) is 3.35. The predicted molar refractivity (Wildman–Crippen MR) is 75.6 cm³/mol. The molecule has 0 aliphatic heterocycles. The van der Waals surface area contributed by atoms with Crippen LogP contribution in [0.3, 0.4) is 0 Å². The summed E-state index contributed by atoms with van der Waals surface area (Å²) in [6.45, 7) is 11.5. The Kier molecular flexibility index (Phi) is 5.38. The smallest absolute Gasteiger partial charge is 0.154 e. The standard InChI is InChI=1S/C15H16N2/c1-4-9-14(5-2)15(16-3)17-12-13-10-7-6-8-11-13/h4-11H,1-3,12H2/b14-9+,17-15?. The maximum absolute atomic E-state index is 4.40. The molecule has 0 bridgehead atoms. The SMILES string of the molecule is C=C/C=C(\C=C)C(N=C)=NCc1ccccc1. The summed E-state index contributed by atoms with van der Waals surface area (Å²) in [4.78, 5) is 8.31. The second kappa shape index (κ2) is 7.12. The molecule has 1 aromatic carbocycles. The highest BCUT2D eigenvalue weighted by atomic mass is 14.9. The summed E-state index contributed by atoms with van der Waals surface area (Å²) in [7, 11) is 0. The molecule has 0 radical (unpaired) electrons. The Morgan fingerprint density at radius 1 is 1.18 bits per heavy atom. The van der Waals surface area contributed by atoms with Crippen LogP contribution in [0.15, 0.2) is 77.3 Å². The number of rotatable bonds is 5. The highest BCUT2D eigenvalue weighted by Crippen LogP contribution is 2.06. The van der Waals surface area contributed by atoms with Gasteiger partial charge in [0.25, 0.3) is 0 Å². The zero-order chi connectivity index (χ0) is 12.5. The molecule has 1 rings (SSSR count). The summed E-state index contributed by atoms with van der Waals surface area (Å²) in [5.74, 6) is 0.587. The molecule has 2 nitrogen and oxygen atoms in total. The number of benzene rings is 1. The van der Waals surface area contributed by atoms with Crippen LogP contribution in [-0.2, 0) is 6.54 Å². The van der Waals surface area contributed by atoms with Crippen LogP contribution in [0.2, 0.25) is 0 Å². The van der Waals surface area contributed by atoms with Gasteiger partial charge in [0.15, 0.2) is 5.84 Å². The second-order valence-electron chi connectivity index (χ2n) is 3.35. The Morgan fingerprint density at radius 3 is 2.41 bits per heavy atom. The van der Waals surface area contributed by atoms with Crippen molar-refractivity contribution in [1.82, 2.24) is 0 Å². The Labute approximate surface area is 102 Å². The molecular formula is C15H16N2. The third-order valence-electron chi connectivity index (χ3n) is 2.18. The normalized spacial score (nSPS) is 12.0. The summed E-state index contributed by atoms with van der Waals surface area (Å²) in [6.07, 6.45) is 5.19. The third kappa shape index (κ3) is 4.03. The third-order valence-corrected chi connectivity index (χ3v) is 2.18. The van der Waals surface area contributed by atoms with Gasteiger partial charge in [0.05, 0.1) is 6.54 Å². The topological polar surface area (TPSA) is 24.7 Å². The van der Waals surface area contributed by atoms with Gasteiger partial charge in [0.1, 0.15) is 0 Å². The molecule has 0 unspecified atom stereocenters. The fourth-order valence-electron chi connectivity index (χ4n) is 1.34. The number of allylic oxidation sites excluding steroid dienone is 2. The van der Waals surface area contributed by atoms with E-state index in [0.29, 0.717) is 12.4 Å². The van der Waals surface area contributed by atoms with Crippen LogP contribution < -0.4 is 0 Å². The van der Waals surface area contributed by atoms with Crippen molar-refractivity contribution < 1.29 is 0 Å². The molecule has 0 aliphatic carbocycles. The van der Waals surface area contributed by atoms with E-state index >= 15 is 0 Å². The van der Waals surface area contributed by atoms with E-state index in [-0.39, 0.29) is 0 Å². The minimum absolute atomic E-state index is 0.581. The van der Waals surface area contributed by atoms with Gasteiger partial charge in [-0.1, -0.05) is 61.7 Å². The lowest BCUT2D eigenvalue weighted by atomic mass is 10.2. The van der Waals surface area contributed by atoms with Crippen molar-refractivity contribution in [2.45, 2.75) is 6.54 Å². The highest BCUT2D eigenvalue weighted by Gasteiger charge is 1.99. The predicted octanol–water partition coefficient (Wildman–Crippen LogP) is 3.58. The van der Waals surface area contributed by atoms with E-state index in [0.717, 1.165) is 11.1 Å². The molecule has 0 aromatic heterocycles. The van der Waals surface area contributed by atoms with Gasteiger partial charge >= 0.3 is 0 Å². The quantitative estimate of drug-likeness (QED) is 0.415. The van der Waals surface area contributed by atoms with Crippen LogP contribution in [0.4, 0.5) is 0 Å². The molecule has 0 N–H and O–H groups in total. The molecular weight excluding hydrogens is 208 g/mol. The first kappa shape index (κ1) is 12.8. The van der Waals surface area contributed by atoms with E-state index < -0.39 is 0 Å². The van der Waals surface area contributed by atoms with Gasteiger partial charge in [-0.05, 0) is 12.3 Å². The van der Waals surface area contributed by atoms with Gasteiger partial charge in [-0.15, -0.1) is 0 Å². The summed E-state index contributed by atoms with van der Waals surface area (Å²) < 4.78 is 0. The number of aliphatic imine (C=N–C) groups is 2. The molecule has 1 aromatic rings. The van der Waals surface area contributed by atoms with Gasteiger partial charge in [0.2, 0.25) is 0 Å². The molecule has 0 saturated heterocycles. The maximum Gasteiger partial charge on any atom is 0.154 e. The lowest BCUT2D eigenvalue weighted by molar-refractivity contribution is 1.06. The fourth-order valence-corrected chi connectivity index (χ4v) is 1.34. The van der Waals surface area contributed by atoms with Gasteiger partial charge in [-0.25, -0.2) is 4.99 Å². The van der Waals surface area contributed by atoms with Crippen molar-refractivity contribution >= 4 is 12.6 Å². The highest BCUT2D eigenvalue weighted by molar-refractivity contribution is 6.03. The van der Waals surface area contributed by atoms with Gasteiger partial charge in [-0.3, -0.25) is 4.99 Å². The summed E-state index contributed by atoms with van der Waals surface area (Å²) in [5, 5.41) is 0. The molecule has 2 heteroatoms. The number of hydrogen-bond donors (Lipinski definition) is 0. The van der Waals surface area contributed by atoms with E-state index in [4.69, 9.17) is 0 Å². The average molecular weight is 224 g/mol. The number of amidine groups is 1. The van der Waals surface area contributed by atoms with Gasteiger partial charge in [-0.2, -0.15) is 0 Å². The molecule has 0 aliphatic rings. The van der Waals surface area contributed by atoms with Crippen molar-refractivity contribution in [3.05, 3.63) is 72.9 Å². The minimum Gasteiger partial charge on any atom is -0.261 e. The van der Waals surface area contributed by atoms with E-state index in [1.54, 1.807) is 12.2 Å². The molecule has 0 spiro atoms. The first-order valence-electron chi connectivity index (χ1n) is 5.32. The first-order chi connectivity index (χ1) is 8.31. The van der Waals surface area contributed by atoms with Crippen LogP contribution in [0, 0.1) is 0 Å². The Bertz CT molecular complexity index is 453. The lowest BCUT2D eigenvalue weighted by Crippen LogP contribution is -1.97. The summed E-state index contributed by atoms with van der Waals surface area (Å²) in [5.41, 5.74) is 1.96. The molecule has 0 fully saturated rings. The first-order valence-corrected chi connectivity index (χ1v) is 5.32. The van der Waals surface area contributed by atoms with Crippen LogP contribution in [0.5, 0.6) is 0 Å². The van der Waals surface area contributed by atoms with Crippen molar-refractivity contribution in [2.75, 3.05) is 0 Å². The van der Waals surface area contributed by atoms with Crippen LogP contribution in [0.1, 0.15) is 5.56 Å². The van der Waals surface area contributed by atoms with Crippen molar-refractivity contribution in [2.24, 2.45) is 9.98 Å². The molecule has 0 amide bonds. The Balaban J connectivity index is 2.87. The van der Waals surface area contributed by atoms with Gasteiger partial charge < -0.3 is 0 Å². The fraction of sp³-hybridized carbons (Fsp3) is 0.0667.